The molecule has 0 spiro atoms. The van der Waals surface area contributed by atoms with E-state index in [1.54, 1.807) is 17.6 Å². The van der Waals surface area contributed by atoms with Gasteiger partial charge in [-0.15, -0.1) is 11.3 Å². The summed E-state index contributed by atoms with van der Waals surface area (Å²) in [6, 6.07) is 0. The molecule has 5 nitrogen and oxygen atoms in total. The predicted octanol–water partition coefficient (Wildman–Crippen LogP) is 5.71. The normalized spacial score (nSPS) is 20.6. The summed E-state index contributed by atoms with van der Waals surface area (Å²) in [5.74, 6) is 1.01. The first kappa shape index (κ1) is 18.5. The first-order chi connectivity index (χ1) is 14.0. The van der Waals surface area contributed by atoms with E-state index in [0.29, 0.717) is 6.42 Å². The topological polar surface area (TPSA) is 55.3 Å². The lowest BCUT2D eigenvalue weighted by molar-refractivity contribution is 0.0916. The summed E-state index contributed by atoms with van der Waals surface area (Å²) in [4.78, 5) is 24.6. The monoisotopic (exact) mass is 423 g/mol. The molecule has 29 heavy (non-hydrogen) atoms. The van der Waals surface area contributed by atoms with Gasteiger partial charge in [0.25, 0.3) is 0 Å². The van der Waals surface area contributed by atoms with E-state index in [1.807, 2.05) is 28.9 Å². The Labute approximate surface area is 177 Å². The molecule has 0 saturated carbocycles. The van der Waals surface area contributed by atoms with Crippen molar-refractivity contribution >= 4 is 39.2 Å². The van der Waals surface area contributed by atoms with Crippen molar-refractivity contribution in [2.75, 3.05) is 4.90 Å². The van der Waals surface area contributed by atoms with Gasteiger partial charge in [0, 0.05) is 35.3 Å². The first-order valence-electron chi connectivity index (χ1n) is 9.66. The summed E-state index contributed by atoms with van der Waals surface area (Å²) in [6.07, 6.45) is 14.9. The van der Waals surface area contributed by atoms with Crippen LogP contribution in [0.15, 0.2) is 53.7 Å². The highest BCUT2D eigenvalue weighted by molar-refractivity contribution is 7.17. The Balaban J connectivity index is 1.51. The maximum absolute atomic E-state index is 12.6. The number of carbonyl (C=O) groups excluding carboxylic acids is 1. The Morgan fingerprint density at radius 1 is 1.28 bits per heavy atom. The molecule has 2 aromatic rings. The molecule has 0 aromatic carbocycles. The van der Waals surface area contributed by atoms with E-state index in [1.165, 1.54) is 11.3 Å². The van der Waals surface area contributed by atoms with Crippen molar-refractivity contribution in [2.45, 2.75) is 39.5 Å². The van der Waals surface area contributed by atoms with Crippen LogP contribution >= 0.6 is 22.7 Å². The Morgan fingerprint density at radius 3 is 3.00 bits per heavy atom. The number of rotatable bonds is 3. The molecule has 1 aliphatic heterocycles. The molecule has 0 unspecified atom stereocenters. The Kier molecular flexibility index (Phi) is 4.52. The number of hydrogen-bond donors (Lipinski definition) is 0. The quantitative estimate of drug-likeness (QED) is 0.633. The summed E-state index contributed by atoms with van der Waals surface area (Å²) in [7, 11) is 0. The van der Waals surface area contributed by atoms with Crippen LogP contribution in [0.4, 0.5) is 5.13 Å². The van der Waals surface area contributed by atoms with Crippen molar-refractivity contribution in [1.29, 1.82) is 0 Å². The number of Topliss-reactive ketones (excluding diaryl/α,β-unsaturated/α-hetero) is 1. The number of aromatic nitrogens is 2. The lowest BCUT2D eigenvalue weighted by Crippen LogP contribution is -2.26. The van der Waals surface area contributed by atoms with E-state index in [4.69, 9.17) is 9.72 Å². The molecule has 2 aliphatic carbocycles. The average Bonchev–Trinajstić information content (AvgIpc) is 3.37. The van der Waals surface area contributed by atoms with Gasteiger partial charge in [-0.3, -0.25) is 9.69 Å². The minimum atomic E-state index is -0.0286. The number of allylic oxidation sites excluding steroid dienone is 4. The summed E-state index contributed by atoms with van der Waals surface area (Å²) in [5, 5.41) is 3.79. The molecule has 0 amide bonds. The number of hydrogen-bond acceptors (Lipinski definition) is 7. The summed E-state index contributed by atoms with van der Waals surface area (Å²) in [6.45, 7) is 4.26. The second-order valence-corrected chi connectivity index (χ2v) is 10.1. The van der Waals surface area contributed by atoms with Gasteiger partial charge in [0.05, 0.1) is 16.8 Å². The number of anilines is 1. The second-order valence-electron chi connectivity index (χ2n) is 8.19. The van der Waals surface area contributed by atoms with Crippen molar-refractivity contribution in [2.24, 2.45) is 5.41 Å². The number of ether oxygens (including phenoxy) is 1. The molecular formula is C22H21N3O2S2. The van der Waals surface area contributed by atoms with Crippen LogP contribution in [0.3, 0.4) is 0 Å². The summed E-state index contributed by atoms with van der Waals surface area (Å²) < 4.78 is 5.89. The van der Waals surface area contributed by atoms with E-state index in [2.05, 4.69) is 31.0 Å². The fraction of sp³-hybridized carbons (Fsp3) is 0.318. The molecule has 0 radical (unpaired) electrons. The van der Waals surface area contributed by atoms with E-state index >= 15 is 0 Å². The lowest BCUT2D eigenvalue weighted by atomic mass is 9.78. The van der Waals surface area contributed by atoms with E-state index in [-0.39, 0.29) is 11.2 Å². The fourth-order valence-corrected chi connectivity index (χ4v) is 5.60. The molecule has 7 heteroatoms. The number of nitrogens with zero attached hydrogens (tertiary/aromatic N) is 3. The molecule has 3 aliphatic rings. The van der Waals surface area contributed by atoms with Crippen molar-refractivity contribution in [3.63, 3.8) is 0 Å². The van der Waals surface area contributed by atoms with Crippen LogP contribution in [0.1, 0.15) is 53.5 Å². The third kappa shape index (κ3) is 3.49. The highest BCUT2D eigenvalue weighted by atomic mass is 32.1. The molecular weight excluding hydrogens is 402 g/mol. The standard InChI is InChI=1S/C22H21N3O2S2/c1-22(2)11-16-19(17(26)12-22)29-21(24-16)25-8-9-27-18(13-25)14-5-3-4-6-15(14)20-23-7-10-28-20/h4,6-10,13H,3,5,11-12H2,1-2H3. The number of carbonyl (C=O) groups is 1. The molecule has 0 atom stereocenters. The van der Waals surface area contributed by atoms with Crippen molar-refractivity contribution < 1.29 is 9.53 Å². The molecule has 0 bridgehead atoms. The molecule has 3 heterocycles. The number of fused-ring (bicyclic) bond motifs is 1. The van der Waals surface area contributed by atoms with Gasteiger partial charge in [0.15, 0.2) is 10.9 Å². The van der Waals surface area contributed by atoms with Crippen LogP contribution in [0, 0.1) is 5.41 Å². The largest absolute Gasteiger partial charge is 0.462 e. The van der Waals surface area contributed by atoms with E-state index < -0.39 is 0 Å². The zero-order valence-electron chi connectivity index (χ0n) is 16.3. The molecule has 5 rings (SSSR count). The van der Waals surface area contributed by atoms with Gasteiger partial charge in [-0.25, -0.2) is 9.97 Å². The van der Waals surface area contributed by atoms with Crippen LogP contribution in [0.5, 0.6) is 0 Å². The minimum absolute atomic E-state index is 0.0286. The molecule has 0 saturated heterocycles. The highest BCUT2D eigenvalue weighted by Gasteiger charge is 2.34. The molecule has 148 valence electrons. The van der Waals surface area contributed by atoms with Gasteiger partial charge in [-0.05, 0) is 24.7 Å². The second kappa shape index (κ2) is 7.07. The van der Waals surface area contributed by atoms with Crippen LogP contribution in [-0.2, 0) is 11.2 Å². The van der Waals surface area contributed by atoms with Gasteiger partial charge in [-0.2, -0.15) is 0 Å². The summed E-state index contributed by atoms with van der Waals surface area (Å²) >= 11 is 3.10. The minimum Gasteiger partial charge on any atom is -0.462 e. The smallest absolute Gasteiger partial charge is 0.194 e. The third-order valence-corrected chi connectivity index (χ3v) is 7.21. The van der Waals surface area contributed by atoms with Gasteiger partial charge in [0.1, 0.15) is 17.0 Å². The lowest BCUT2D eigenvalue weighted by Gasteiger charge is -2.26. The first-order valence-corrected chi connectivity index (χ1v) is 11.4. The van der Waals surface area contributed by atoms with Gasteiger partial charge >= 0.3 is 0 Å². The zero-order valence-corrected chi connectivity index (χ0v) is 18.0. The maximum atomic E-state index is 12.6. The van der Waals surface area contributed by atoms with Crippen molar-refractivity contribution in [3.05, 3.63) is 69.3 Å². The zero-order chi connectivity index (χ0) is 20.0. The average molecular weight is 424 g/mol. The highest BCUT2D eigenvalue weighted by Crippen LogP contribution is 2.41. The van der Waals surface area contributed by atoms with Crippen LogP contribution in [-0.4, -0.2) is 15.8 Å². The van der Waals surface area contributed by atoms with E-state index in [9.17, 15) is 4.79 Å². The maximum Gasteiger partial charge on any atom is 0.194 e. The Bertz CT molecular complexity index is 1090. The third-order valence-electron chi connectivity index (χ3n) is 5.25. The molecule has 2 aromatic heterocycles. The van der Waals surface area contributed by atoms with Crippen LogP contribution in [0.2, 0.25) is 0 Å². The Hall–Kier alpha value is -2.51. The molecule has 0 fully saturated rings. The Morgan fingerprint density at radius 2 is 2.17 bits per heavy atom. The van der Waals surface area contributed by atoms with Gasteiger partial charge in [-0.1, -0.05) is 37.3 Å². The van der Waals surface area contributed by atoms with E-state index in [0.717, 1.165) is 56.9 Å². The predicted molar refractivity (Wildman–Crippen MR) is 117 cm³/mol. The number of ketones is 1. The fourth-order valence-electron chi connectivity index (χ4n) is 3.93. The van der Waals surface area contributed by atoms with Crippen molar-refractivity contribution in [3.8, 4) is 0 Å². The van der Waals surface area contributed by atoms with Gasteiger partial charge in [0.2, 0.25) is 0 Å². The summed E-state index contributed by atoms with van der Waals surface area (Å²) in [5.41, 5.74) is 3.15. The van der Waals surface area contributed by atoms with Crippen molar-refractivity contribution in [1.82, 2.24) is 9.97 Å². The molecule has 0 N–H and O–H groups in total. The number of thiazole rings is 2. The van der Waals surface area contributed by atoms with Crippen LogP contribution < -0.4 is 4.90 Å². The van der Waals surface area contributed by atoms with Gasteiger partial charge < -0.3 is 4.74 Å². The van der Waals surface area contributed by atoms with Crippen LogP contribution in [0.25, 0.3) is 5.57 Å². The SMILES string of the molecule is CC1(C)CC(=O)c2sc(N3C=COC(C4=C(c5nccs5)C=CCC4)=C3)nc2C1.